The van der Waals surface area contributed by atoms with Crippen molar-refractivity contribution in [2.45, 2.75) is 19.1 Å². The Balaban J connectivity index is 1.98. The Morgan fingerprint density at radius 1 is 1.30 bits per heavy atom. The van der Waals surface area contributed by atoms with E-state index in [9.17, 15) is 27.5 Å². The van der Waals surface area contributed by atoms with Gasteiger partial charge in [0.15, 0.2) is 0 Å². The Morgan fingerprint density at radius 2 is 2.04 bits per heavy atom. The van der Waals surface area contributed by atoms with Gasteiger partial charge in [-0.25, -0.2) is 9.37 Å². The second-order valence-electron chi connectivity index (χ2n) is 5.86. The SMILES string of the molecule is Cc1nc(-c2cnn([C@@H](CO)c3ccc(C(F)(F)F)cc3F)c2)cc(=O)[nH]1. The second-order valence-corrected chi connectivity index (χ2v) is 5.86. The summed E-state index contributed by atoms with van der Waals surface area (Å²) in [5.41, 5.74) is -0.861. The van der Waals surface area contributed by atoms with Crippen LogP contribution in [0, 0.1) is 12.7 Å². The monoisotopic (exact) mass is 382 g/mol. The largest absolute Gasteiger partial charge is 0.416 e. The van der Waals surface area contributed by atoms with Gasteiger partial charge in [-0.2, -0.15) is 18.3 Å². The number of aromatic nitrogens is 4. The van der Waals surface area contributed by atoms with Gasteiger partial charge in [0.2, 0.25) is 0 Å². The Morgan fingerprint density at radius 3 is 2.63 bits per heavy atom. The molecule has 0 radical (unpaired) electrons. The Kier molecular flexibility index (Phi) is 4.83. The number of alkyl halides is 3. The lowest BCUT2D eigenvalue weighted by Gasteiger charge is -2.17. The smallest absolute Gasteiger partial charge is 0.394 e. The maximum Gasteiger partial charge on any atom is 0.416 e. The van der Waals surface area contributed by atoms with Crippen LogP contribution < -0.4 is 5.56 Å². The van der Waals surface area contributed by atoms with E-state index >= 15 is 0 Å². The van der Waals surface area contributed by atoms with Crippen LogP contribution in [0.25, 0.3) is 11.3 Å². The van der Waals surface area contributed by atoms with Crippen molar-refractivity contribution in [3.8, 4) is 11.3 Å². The minimum Gasteiger partial charge on any atom is -0.394 e. The Bertz CT molecular complexity index is 1030. The van der Waals surface area contributed by atoms with Gasteiger partial charge < -0.3 is 10.1 Å². The summed E-state index contributed by atoms with van der Waals surface area (Å²) in [6.45, 7) is 1.01. The van der Waals surface area contributed by atoms with Crippen molar-refractivity contribution in [1.82, 2.24) is 19.7 Å². The number of aromatic amines is 1. The molecule has 1 atom stereocenters. The minimum atomic E-state index is -4.67. The molecule has 10 heteroatoms. The second kappa shape index (κ2) is 6.95. The maximum atomic E-state index is 14.2. The highest BCUT2D eigenvalue weighted by Crippen LogP contribution is 2.32. The molecule has 0 amide bonds. The molecule has 0 saturated heterocycles. The lowest BCUT2D eigenvalue weighted by Crippen LogP contribution is -2.17. The van der Waals surface area contributed by atoms with E-state index in [1.807, 2.05) is 0 Å². The first-order chi connectivity index (χ1) is 12.7. The van der Waals surface area contributed by atoms with Crippen LogP contribution in [0.2, 0.25) is 0 Å². The number of rotatable bonds is 4. The van der Waals surface area contributed by atoms with Gasteiger partial charge in [0.1, 0.15) is 17.7 Å². The summed E-state index contributed by atoms with van der Waals surface area (Å²) in [5.74, 6) is -0.719. The van der Waals surface area contributed by atoms with E-state index in [1.165, 1.54) is 23.1 Å². The summed E-state index contributed by atoms with van der Waals surface area (Å²) >= 11 is 0. The zero-order chi connectivity index (χ0) is 19.8. The molecule has 0 aliphatic rings. The van der Waals surface area contributed by atoms with Crippen molar-refractivity contribution < 1.29 is 22.7 Å². The average molecular weight is 382 g/mol. The quantitative estimate of drug-likeness (QED) is 0.680. The van der Waals surface area contributed by atoms with E-state index < -0.39 is 30.2 Å². The highest BCUT2D eigenvalue weighted by Gasteiger charge is 2.32. The number of nitrogens with one attached hydrogen (secondary N) is 1. The Hall–Kier alpha value is -3.01. The van der Waals surface area contributed by atoms with Crippen LogP contribution in [-0.2, 0) is 6.18 Å². The number of aliphatic hydroxyl groups is 1. The summed E-state index contributed by atoms with van der Waals surface area (Å²) < 4.78 is 53.5. The molecule has 142 valence electrons. The summed E-state index contributed by atoms with van der Waals surface area (Å²) in [6, 6.07) is 2.30. The summed E-state index contributed by atoms with van der Waals surface area (Å²) in [5, 5.41) is 13.7. The predicted octanol–water partition coefficient (Wildman–Crippen LogP) is 2.68. The first kappa shape index (κ1) is 18.8. The van der Waals surface area contributed by atoms with E-state index in [-0.39, 0.29) is 11.1 Å². The van der Waals surface area contributed by atoms with Gasteiger partial charge >= 0.3 is 6.18 Å². The number of halogens is 4. The maximum absolute atomic E-state index is 14.2. The average Bonchev–Trinajstić information content (AvgIpc) is 3.05. The number of hydrogen-bond donors (Lipinski definition) is 2. The van der Waals surface area contributed by atoms with Crippen LogP contribution in [0.5, 0.6) is 0 Å². The van der Waals surface area contributed by atoms with Gasteiger partial charge in [-0.1, -0.05) is 6.07 Å². The molecule has 1 aromatic carbocycles. The number of aryl methyl sites for hydroxylation is 1. The minimum absolute atomic E-state index is 0.143. The molecule has 0 spiro atoms. The number of nitrogens with zero attached hydrogens (tertiary/aromatic N) is 3. The molecule has 2 aromatic heterocycles. The van der Waals surface area contributed by atoms with E-state index in [0.717, 1.165) is 12.1 Å². The highest BCUT2D eigenvalue weighted by molar-refractivity contribution is 5.56. The van der Waals surface area contributed by atoms with Crippen LogP contribution in [0.4, 0.5) is 17.6 Å². The molecule has 0 unspecified atom stereocenters. The zero-order valence-corrected chi connectivity index (χ0v) is 14.0. The fraction of sp³-hybridized carbons (Fsp3) is 0.235. The normalized spacial score (nSPS) is 13.0. The number of benzene rings is 1. The molecule has 6 nitrogen and oxygen atoms in total. The van der Waals surface area contributed by atoms with E-state index in [2.05, 4.69) is 15.1 Å². The third kappa shape index (κ3) is 3.90. The van der Waals surface area contributed by atoms with Crippen LogP contribution in [0.3, 0.4) is 0 Å². The lowest BCUT2D eigenvalue weighted by atomic mass is 10.0. The van der Waals surface area contributed by atoms with Gasteiger partial charge in [0, 0.05) is 23.4 Å². The molecule has 3 aromatic rings. The molecule has 2 heterocycles. The molecule has 0 aliphatic heterocycles. The summed E-state index contributed by atoms with van der Waals surface area (Å²) in [4.78, 5) is 18.2. The fourth-order valence-electron chi connectivity index (χ4n) is 2.67. The van der Waals surface area contributed by atoms with Crippen molar-refractivity contribution in [3.05, 3.63) is 69.8 Å². The zero-order valence-electron chi connectivity index (χ0n) is 14.0. The van der Waals surface area contributed by atoms with Gasteiger partial charge in [-0.15, -0.1) is 0 Å². The lowest BCUT2D eigenvalue weighted by molar-refractivity contribution is -0.137. The van der Waals surface area contributed by atoms with Gasteiger partial charge in [-0.05, 0) is 19.1 Å². The topological polar surface area (TPSA) is 83.8 Å². The first-order valence-corrected chi connectivity index (χ1v) is 7.79. The van der Waals surface area contributed by atoms with Gasteiger partial charge in [0.05, 0.1) is 24.1 Å². The molecular formula is C17H14F4N4O2. The molecule has 2 N–H and O–H groups in total. The van der Waals surface area contributed by atoms with E-state index in [0.29, 0.717) is 23.1 Å². The third-order valence-electron chi connectivity index (χ3n) is 3.94. The Labute approximate surface area is 150 Å². The molecule has 0 aliphatic carbocycles. The van der Waals surface area contributed by atoms with Crippen LogP contribution in [0.15, 0.2) is 41.5 Å². The van der Waals surface area contributed by atoms with Crippen LogP contribution >= 0.6 is 0 Å². The molecule has 0 saturated carbocycles. The fourth-order valence-corrected chi connectivity index (χ4v) is 2.67. The molecule has 27 heavy (non-hydrogen) atoms. The number of aliphatic hydroxyl groups excluding tert-OH is 1. The van der Waals surface area contributed by atoms with Crippen molar-refractivity contribution >= 4 is 0 Å². The van der Waals surface area contributed by atoms with Crippen LogP contribution in [-0.4, -0.2) is 31.5 Å². The van der Waals surface area contributed by atoms with Crippen LogP contribution in [0.1, 0.15) is 23.0 Å². The molecule has 0 fully saturated rings. The molecular weight excluding hydrogens is 368 g/mol. The third-order valence-corrected chi connectivity index (χ3v) is 3.94. The van der Waals surface area contributed by atoms with Crippen molar-refractivity contribution in [2.75, 3.05) is 6.61 Å². The van der Waals surface area contributed by atoms with Gasteiger partial charge in [0.25, 0.3) is 5.56 Å². The van der Waals surface area contributed by atoms with E-state index in [1.54, 1.807) is 6.92 Å². The van der Waals surface area contributed by atoms with Gasteiger partial charge in [-0.3, -0.25) is 9.48 Å². The van der Waals surface area contributed by atoms with Crippen molar-refractivity contribution in [1.29, 1.82) is 0 Å². The highest BCUT2D eigenvalue weighted by atomic mass is 19.4. The summed E-state index contributed by atoms with van der Waals surface area (Å²) in [7, 11) is 0. The molecule has 0 bridgehead atoms. The van der Waals surface area contributed by atoms with Crippen molar-refractivity contribution in [2.24, 2.45) is 0 Å². The molecule has 3 rings (SSSR count). The van der Waals surface area contributed by atoms with Crippen molar-refractivity contribution in [3.63, 3.8) is 0 Å². The number of hydrogen-bond acceptors (Lipinski definition) is 4. The predicted molar refractivity (Wildman–Crippen MR) is 87.4 cm³/mol. The standard InChI is InChI=1S/C17H14F4N4O2/c1-9-23-14(5-16(27)24-9)10-6-22-25(7-10)15(8-26)12-3-2-11(4-13(12)18)17(19,20)21/h2-7,15,26H,8H2,1H3,(H,23,24,27)/t15-/m0/s1. The first-order valence-electron chi connectivity index (χ1n) is 7.79. The summed E-state index contributed by atoms with van der Waals surface area (Å²) in [6.07, 6.45) is -1.87. The van der Waals surface area contributed by atoms with E-state index in [4.69, 9.17) is 0 Å². The number of H-pyrrole nitrogens is 1.